The van der Waals surface area contributed by atoms with E-state index < -0.39 is 15.9 Å². The van der Waals surface area contributed by atoms with Crippen molar-refractivity contribution in [2.45, 2.75) is 5.75 Å². The number of nitrogens with zero attached hydrogens (tertiary/aromatic N) is 1. The van der Waals surface area contributed by atoms with E-state index >= 15 is 0 Å². The Hall–Kier alpha value is -0.980. The predicted molar refractivity (Wildman–Crippen MR) is 54.9 cm³/mol. The van der Waals surface area contributed by atoms with Gasteiger partial charge in [0, 0.05) is 5.39 Å². The van der Waals surface area contributed by atoms with Crippen LogP contribution < -0.4 is 0 Å². The van der Waals surface area contributed by atoms with Gasteiger partial charge in [0.1, 0.15) is 5.75 Å². The van der Waals surface area contributed by atoms with Gasteiger partial charge >= 0.3 is 0 Å². The Kier molecular flexibility index (Phi) is 2.26. The summed E-state index contributed by atoms with van der Waals surface area (Å²) in [4.78, 5) is 0. The van der Waals surface area contributed by atoms with E-state index in [9.17, 15) is 8.42 Å². The molecular weight excluding hydrogens is 222 g/mol. The molecule has 1 N–H and O–H groups in total. The second-order valence-electron chi connectivity index (χ2n) is 2.85. The van der Waals surface area contributed by atoms with Crippen LogP contribution in [0.1, 0.15) is 5.69 Å². The summed E-state index contributed by atoms with van der Waals surface area (Å²) in [5.41, 5.74) is 0.410. The molecule has 6 heteroatoms. The SMILES string of the molecule is O=S(=O)(O)Cc1nsc2ccccc12. The summed E-state index contributed by atoms with van der Waals surface area (Å²) in [5.74, 6) is -0.420. The molecule has 1 aromatic heterocycles. The maximum absolute atomic E-state index is 10.7. The van der Waals surface area contributed by atoms with Crippen LogP contribution in [0.3, 0.4) is 0 Å². The van der Waals surface area contributed by atoms with Gasteiger partial charge in [-0.2, -0.15) is 12.8 Å². The van der Waals surface area contributed by atoms with E-state index in [1.54, 1.807) is 6.07 Å². The highest BCUT2D eigenvalue weighted by Gasteiger charge is 2.12. The van der Waals surface area contributed by atoms with E-state index in [1.165, 1.54) is 11.5 Å². The maximum atomic E-state index is 10.7. The molecule has 0 atom stereocenters. The smallest absolute Gasteiger partial charge is 0.270 e. The molecule has 2 aromatic rings. The first-order valence-electron chi connectivity index (χ1n) is 3.85. The Labute approximate surface area is 85.1 Å². The molecule has 1 heterocycles. The van der Waals surface area contributed by atoms with Crippen molar-refractivity contribution < 1.29 is 13.0 Å². The van der Waals surface area contributed by atoms with Crippen molar-refractivity contribution in [2.75, 3.05) is 0 Å². The Balaban J connectivity index is 2.54. The molecule has 0 aliphatic carbocycles. The summed E-state index contributed by atoms with van der Waals surface area (Å²) in [6.07, 6.45) is 0. The van der Waals surface area contributed by atoms with E-state index in [4.69, 9.17) is 4.55 Å². The Morgan fingerprint density at radius 1 is 1.36 bits per heavy atom. The van der Waals surface area contributed by atoms with Gasteiger partial charge in [0.05, 0.1) is 10.4 Å². The van der Waals surface area contributed by atoms with Gasteiger partial charge < -0.3 is 0 Å². The predicted octanol–water partition coefficient (Wildman–Crippen LogP) is 1.68. The average molecular weight is 229 g/mol. The highest BCUT2D eigenvalue weighted by molar-refractivity contribution is 7.85. The summed E-state index contributed by atoms with van der Waals surface area (Å²) >= 11 is 1.23. The summed E-state index contributed by atoms with van der Waals surface area (Å²) in [6.45, 7) is 0. The van der Waals surface area contributed by atoms with Crippen molar-refractivity contribution in [1.29, 1.82) is 0 Å². The van der Waals surface area contributed by atoms with Crippen LogP contribution in [0.15, 0.2) is 24.3 Å². The maximum Gasteiger partial charge on any atom is 0.270 e. The monoisotopic (exact) mass is 229 g/mol. The first-order valence-corrected chi connectivity index (χ1v) is 6.23. The fraction of sp³-hybridized carbons (Fsp3) is 0.125. The Morgan fingerprint density at radius 3 is 2.79 bits per heavy atom. The molecule has 2 rings (SSSR count). The second-order valence-corrected chi connectivity index (χ2v) is 5.11. The van der Waals surface area contributed by atoms with E-state index in [-0.39, 0.29) is 0 Å². The van der Waals surface area contributed by atoms with Gasteiger partial charge in [-0.15, -0.1) is 0 Å². The lowest BCUT2D eigenvalue weighted by Crippen LogP contribution is -2.01. The number of fused-ring (bicyclic) bond motifs is 1. The number of hydrogen-bond donors (Lipinski definition) is 1. The molecule has 4 nitrogen and oxygen atoms in total. The minimum Gasteiger partial charge on any atom is -0.285 e. The highest BCUT2D eigenvalue weighted by Crippen LogP contribution is 2.23. The second kappa shape index (κ2) is 3.30. The molecule has 0 fully saturated rings. The first kappa shape index (κ1) is 9.57. The standard InChI is InChI=1S/C8H7NO3S2/c10-14(11,12)5-7-6-3-1-2-4-8(6)13-9-7/h1-4H,5H2,(H,10,11,12). The normalized spacial score (nSPS) is 12.1. The van der Waals surface area contributed by atoms with E-state index in [1.807, 2.05) is 18.2 Å². The molecule has 0 amide bonds. The molecule has 74 valence electrons. The van der Waals surface area contributed by atoms with Gasteiger partial charge in [-0.3, -0.25) is 4.55 Å². The quantitative estimate of drug-likeness (QED) is 0.796. The summed E-state index contributed by atoms with van der Waals surface area (Å²) in [5, 5.41) is 0.787. The third-order valence-corrected chi connectivity index (χ3v) is 3.27. The van der Waals surface area contributed by atoms with Gasteiger partial charge in [-0.25, -0.2) is 0 Å². The molecule has 0 saturated heterocycles. The summed E-state index contributed by atoms with van der Waals surface area (Å²) in [7, 11) is -3.99. The van der Waals surface area contributed by atoms with Crippen LogP contribution in [-0.2, 0) is 15.9 Å². The Bertz CT molecular complexity index is 559. The van der Waals surface area contributed by atoms with Crippen LogP contribution in [0.5, 0.6) is 0 Å². The van der Waals surface area contributed by atoms with Crippen molar-refractivity contribution >= 4 is 31.7 Å². The van der Waals surface area contributed by atoms with Crippen molar-refractivity contribution in [1.82, 2.24) is 4.37 Å². The minimum atomic E-state index is -3.99. The molecule has 0 unspecified atom stereocenters. The Morgan fingerprint density at radius 2 is 2.07 bits per heavy atom. The summed E-state index contributed by atoms with van der Waals surface area (Å²) in [6, 6.07) is 7.32. The number of benzene rings is 1. The molecule has 14 heavy (non-hydrogen) atoms. The van der Waals surface area contributed by atoms with Crippen LogP contribution in [-0.4, -0.2) is 17.3 Å². The number of aromatic nitrogens is 1. The van der Waals surface area contributed by atoms with E-state index in [0.29, 0.717) is 5.69 Å². The van der Waals surface area contributed by atoms with Gasteiger partial charge in [0.25, 0.3) is 10.1 Å². The zero-order valence-corrected chi connectivity index (χ0v) is 8.68. The molecule has 0 aliphatic rings. The zero-order valence-electron chi connectivity index (χ0n) is 7.04. The molecule has 0 aliphatic heterocycles. The van der Waals surface area contributed by atoms with Gasteiger partial charge in [-0.1, -0.05) is 18.2 Å². The lowest BCUT2D eigenvalue weighted by Gasteiger charge is -1.93. The largest absolute Gasteiger partial charge is 0.285 e. The van der Waals surface area contributed by atoms with Crippen molar-refractivity contribution in [3.05, 3.63) is 30.0 Å². The van der Waals surface area contributed by atoms with Crippen LogP contribution in [0, 0.1) is 0 Å². The number of hydrogen-bond acceptors (Lipinski definition) is 4. The van der Waals surface area contributed by atoms with E-state index in [2.05, 4.69) is 4.37 Å². The van der Waals surface area contributed by atoms with Crippen LogP contribution in [0.25, 0.3) is 10.1 Å². The molecule has 0 spiro atoms. The van der Waals surface area contributed by atoms with E-state index in [0.717, 1.165) is 10.1 Å². The molecule has 0 bridgehead atoms. The van der Waals surface area contributed by atoms with Gasteiger partial charge in [-0.05, 0) is 17.6 Å². The highest BCUT2D eigenvalue weighted by atomic mass is 32.2. The topological polar surface area (TPSA) is 67.3 Å². The lowest BCUT2D eigenvalue weighted by atomic mass is 10.2. The molecule has 0 saturated carbocycles. The summed E-state index contributed by atoms with van der Waals surface area (Å²) < 4.78 is 34.9. The van der Waals surface area contributed by atoms with Crippen LogP contribution >= 0.6 is 11.5 Å². The fourth-order valence-electron chi connectivity index (χ4n) is 1.21. The van der Waals surface area contributed by atoms with Crippen molar-refractivity contribution in [3.63, 3.8) is 0 Å². The van der Waals surface area contributed by atoms with Crippen molar-refractivity contribution in [3.8, 4) is 0 Å². The van der Waals surface area contributed by atoms with Crippen molar-refractivity contribution in [2.24, 2.45) is 0 Å². The van der Waals surface area contributed by atoms with Gasteiger partial charge in [0.2, 0.25) is 0 Å². The fourth-order valence-corrected chi connectivity index (χ4v) is 2.66. The first-order chi connectivity index (χ1) is 6.56. The molecule has 1 aromatic carbocycles. The third-order valence-electron chi connectivity index (χ3n) is 1.77. The molecular formula is C8H7NO3S2. The molecule has 0 radical (unpaired) electrons. The lowest BCUT2D eigenvalue weighted by molar-refractivity contribution is 0.482. The zero-order chi connectivity index (χ0) is 10.2. The third kappa shape index (κ3) is 1.92. The number of rotatable bonds is 2. The average Bonchev–Trinajstić information content (AvgIpc) is 2.47. The van der Waals surface area contributed by atoms with Gasteiger partial charge in [0.15, 0.2) is 0 Å². The minimum absolute atomic E-state index is 0.410. The van der Waals surface area contributed by atoms with Crippen LogP contribution in [0.2, 0.25) is 0 Å². The van der Waals surface area contributed by atoms with Crippen LogP contribution in [0.4, 0.5) is 0 Å².